The second kappa shape index (κ2) is 12.2. The van der Waals surface area contributed by atoms with Gasteiger partial charge in [-0.25, -0.2) is 9.79 Å². The quantitative estimate of drug-likeness (QED) is 0.283. The van der Waals surface area contributed by atoms with Crippen LogP contribution in [0.1, 0.15) is 55.0 Å². The van der Waals surface area contributed by atoms with Crippen LogP contribution in [0.2, 0.25) is 0 Å². The zero-order valence-corrected chi connectivity index (χ0v) is 23.9. The highest BCUT2D eigenvalue weighted by Gasteiger charge is 2.35. The van der Waals surface area contributed by atoms with Crippen LogP contribution in [0.3, 0.4) is 0 Å². The van der Waals surface area contributed by atoms with Crippen molar-refractivity contribution in [3.63, 3.8) is 0 Å². The second-order valence-corrected chi connectivity index (χ2v) is 10.7. The van der Waals surface area contributed by atoms with Crippen LogP contribution in [-0.2, 0) is 9.53 Å². The molecule has 1 atom stereocenters. The zero-order valence-electron chi connectivity index (χ0n) is 23.0. The Bertz CT molecular complexity index is 1830. The Labute approximate surface area is 242 Å². The number of fused-ring (bicyclic) bond motifs is 1. The summed E-state index contributed by atoms with van der Waals surface area (Å²) < 4.78 is 13.1. The molecular formula is C33H29N3O4S. The molecule has 7 nitrogen and oxygen atoms in total. The van der Waals surface area contributed by atoms with Crippen molar-refractivity contribution in [3.05, 3.63) is 126 Å². The molecule has 0 saturated carbocycles. The number of nitrogens with zero attached hydrogens (tertiary/aromatic N) is 3. The molecular weight excluding hydrogens is 534 g/mol. The van der Waals surface area contributed by atoms with Gasteiger partial charge in [0.2, 0.25) is 0 Å². The summed E-state index contributed by atoms with van der Waals surface area (Å²) in [5, 5.41) is 8.98. The molecule has 0 bridgehead atoms. The lowest BCUT2D eigenvalue weighted by atomic mass is 9.91. The van der Waals surface area contributed by atoms with E-state index in [1.54, 1.807) is 23.6 Å². The summed E-state index contributed by atoms with van der Waals surface area (Å²) in [7, 11) is 0. The maximum Gasteiger partial charge on any atom is 0.338 e. The third-order valence-electron chi connectivity index (χ3n) is 6.79. The normalized spacial score (nSPS) is 14.8. The van der Waals surface area contributed by atoms with Gasteiger partial charge in [0.1, 0.15) is 11.8 Å². The first-order valence-electron chi connectivity index (χ1n) is 13.4. The van der Waals surface area contributed by atoms with Gasteiger partial charge in [-0.05, 0) is 36.1 Å². The molecule has 3 aromatic carbocycles. The molecule has 41 heavy (non-hydrogen) atoms. The minimum Gasteiger partial charge on any atom is -0.478 e. The van der Waals surface area contributed by atoms with Gasteiger partial charge in [0.15, 0.2) is 11.4 Å². The molecule has 0 N–H and O–H groups in total. The van der Waals surface area contributed by atoms with Crippen LogP contribution in [0.4, 0.5) is 0 Å². The molecule has 0 aliphatic carbocycles. The maximum absolute atomic E-state index is 14.1. The average Bonchev–Trinajstić information content (AvgIpc) is 3.30. The lowest BCUT2D eigenvalue weighted by Gasteiger charge is -2.26. The molecule has 0 fully saturated rings. The Morgan fingerprint density at radius 1 is 1.07 bits per heavy atom. The molecule has 2 heterocycles. The Hall–Kier alpha value is -4.74. The van der Waals surface area contributed by atoms with Crippen LogP contribution < -0.4 is 19.6 Å². The van der Waals surface area contributed by atoms with Crippen molar-refractivity contribution < 1.29 is 14.3 Å². The zero-order chi connectivity index (χ0) is 28.9. The number of nitriles is 1. The van der Waals surface area contributed by atoms with E-state index in [9.17, 15) is 9.59 Å². The number of thiazole rings is 1. The monoisotopic (exact) mass is 563 g/mol. The van der Waals surface area contributed by atoms with E-state index < -0.39 is 12.0 Å². The van der Waals surface area contributed by atoms with E-state index >= 15 is 0 Å². The fraction of sp³-hybridized carbons (Fsp3) is 0.212. The third kappa shape index (κ3) is 5.63. The molecule has 1 aliphatic rings. The summed E-state index contributed by atoms with van der Waals surface area (Å²) in [4.78, 5) is 33.0. The van der Waals surface area contributed by atoms with E-state index in [4.69, 9.17) is 19.7 Å². The largest absolute Gasteiger partial charge is 0.478 e. The second-order valence-electron chi connectivity index (χ2n) is 9.74. The highest BCUT2D eigenvalue weighted by Crippen LogP contribution is 2.35. The molecule has 1 aliphatic heterocycles. The molecule has 5 rings (SSSR count). The minimum absolute atomic E-state index is 0.109. The Balaban J connectivity index is 1.79. The number of hydrogen-bond acceptors (Lipinski definition) is 7. The summed E-state index contributed by atoms with van der Waals surface area (Å²) in [5.74, 6) is 0.310. The first kappa shape index (κ1) is 27.8. The summed E-state index contributed by atoms with van der Waals surface area (Å²) in [6.45, 7) is 6.07. The van der Waals surface area contributed by atoms with Gasteiger partial charge in [0, 0.05) is 11.1 Å². The highest BCUT2D eigenvalue weighted by atomic mass is 32.1. The van der Waals surface area contributed by atoms with Gasteiger partial charge in [-0.1, -0.05) is 98.0 Å². The third-order valence-corrected chi connectivity index (χ3v) is 7.77. The Morgan fingerprint density at radius 3 is 2.46 bits per heavy atom. The Morgan fingerprint density at radius 2 is 1.78 bits per heavy atom. The van der Waals surface area contributed by atoms with Gasteiger partial charge < -0.3 is 9.47 Å². The predicted molar refractivity (Wildman–Crippen MR) is 159 cm³/mol. The predicted octanol–water partition coefficient (Wildman–Crippen LogP) is 4.96. The lowest BCUT2D eigenvalue weighted by molar-refractivity contribution is -0.138. The summed E-state index contributed by atoms with van der Waals surface area (Å²) in [6.07, 6.45) is 1.74. The average molecular weight is 564 g/mol. The van der Waals surface area contributed by atoms with E-state index in [0.717, 1.165) is 16.7 Å². The fourth-order valence-corrected chi connectivity index (χ4v) is 5.79. The number of rotatable bonds is 8. The van der Waals surface area contributed by atoms with Gasteiger partial charge in [-0.3, -0.25) is 9.36 Å². The van der Waals surface area contributed by atoms with Crippen molar-refractivity contribution in [2.24, 2.45) is 4.99 Å². The Kier molecular flexibility index (Phi) is 8.27. The minimum atomic E-state index is -0.742. The van der Waals surface area contributed by atoms with Crippen LogP contribution in [0.5, 0.6) is 5.75 Å². The van der Waals surface area contributed by atoms with E-state index in [1.165, 1.54) is 11.3 Å². The number of carbonyl (C=O) groups is 1. The van der Waals surface area contributed by atoms with Gasteiger partial charge >= 0.3 is 5.97 Å². The number of ether oxygens (including phenoxy) is 2. The summed E-state index contributed by atoms with van der Waals surface area (Å²) >= 11 is 1.24. The molecule has 0 spiro atoms. The van der Waals surface area contributed by atoms with Crippen LogP contribution in [0.25, 0.3) is 11.8 Å². The molecule has 0 unspecified atom stereocenters. The van der Waals surface area contributed by atoms with Gasteiger partial charge in [-0.2, -0.15) is 5.26 Å². The molecule has 0 saturated heterocycles. The number of aromatic nitrogens is 1. The molecule has 0 radical (unpaired) electrons. The van der Waals surface area contributed by atoms with Crippen LogP contribution in [0.15, 0.2) is 94.2 Å². The molecule has 0 amide bonds. The molecule has 8 heteroatoms. The van der Waals surface area contributed by atoms with Crippen molar-refractivity contribution in [1.82, 2.24) is 4.57 Å². The lowest BCUT2D eigenvalue weighted by Crippen LogP contribution is -2.40. The van der Waals surface area contributed by atoms with Crippen molar-refractivity contribution in [3.8, 4) is 11.8 Å². The first-order chi connectivity index (χ1) is 19.9. The smallest absolute Gasteiger partial charge is 0.338 e. The van der Waals surface area contributed by atoms with Gasteiger partial charge in [0.25, 0.3) is 5.56 Å². The fourth-order valence-electron chi connectivity index (χ4n) is 4.80. The molecule has 1 aromatic heterocycles. The molecule has 4 aromatic rings. The van der Waals surface area contributed by atoms with Crippen molar-refractivity contribution in [2.45, 2.75) is 32.7 Å². The number of carbonyl (C=O) groups excluding carboxylic acids is 1. The van der Waals surface area contributed by atoms with Gasteiger partial charge in [0.05, 0.1) is 28.5 Å². The van der Waals surface area contributed by atoms with Crippen molar-refractivity contribution in [1.29, 1.82) is 5.26 Å². The number of hydrogen-bond donors (Lipinski definition) is 0. The number of benzene rings is 3. The van der Waals surface area contributed by atoms with Gasteiger partial charge in [-0.15, -0.1) is 0 Å². The number of para-hydroxylation sites is 1. The number of esters is 1. The van der Waals surface area contributed by atoms with Crippen LogP contribution >= 0.6 is 11.3 Å². The maximum atomic E-state index is 14.1. The van der Waals surface area contributed by atoms with E-state index in [-0.39, 0.29) is 18.8 Å². The van der Waals surface area contributed by atoms with Crippen molar-refractivity contribution >= 4 is 29.1 Å². The van der Waals surface area contributed by atoms with E-state index in [1.807, 2.05) is 78.9 Å². The standard InChI is InChI=1S/C33H29N3O4S/c1-4-39-32(38)28-29(23-10-6-5-7-11-23)35-33-36(30(28)24-16-14-22(15-17-24)21(2)3)31(37)27(41-33)20-25-12-8-9-13-26(25)40-19-18-34/h5-17,20-21,30H,4,19H2,1-3H3/b27-20-/t30-/m1/s1. The van der Waals surface area contributed by atoms with E-state index in [0.29, 0.717) is 37.8 Å². The van der Waals surface area contributed by atoms with Crippen LogP contribution in [-0.4, -0.2) is 23.8 Å². The highest BCUT2D eigenvalue weighted by molar-refractivity contribution is 7.07. The summed E-state index contributed by atoms with van der Waals surface area (Å²) in [5.41, 5.74) is 3.87. The van der Waals surface area contributed by atoms with Crippen LogP contribution in [0, 0.1) is 11.3 Å². The molecule has 206 valence electrons. The first-order valence-corrected chi connectivity index (χ1v) is 14.2. The SMILES string of the molecule is CCOC(=O)C1=C(c2ccccc2)N=c2s/c(=C\c3ccccc3OCC#N)c(=O)n2[C@@H]1c1ccc(C(C)C)cc1. The van der Waals surface area contributed by atoms with E-state index in [2.05, 4.69) is 13.8 Å². The van der Waals surface area contributed by atoms with Crippen molar-refractivity contribution in [2.75, 3.05) is 13.2 Å². The topological polar surface area (TPSA) is 93.7 Å². The summed E-state index contributed by atoms with van der Waals surface area (Å²) in [6, 6.07) is 25.9.